The minimum absolute atomic E-state index is 0.194. The van der Waals surface area contributed by atoms with E-state index in [1.807, 2.05) is 43.9 Å². The van der Waals surface area contributed by atoms with Crippen LogP contribution in [-0.4, -0.2) is 39.2 Å². The lowest BCUT2D eigenvalue weighted by atomic mass is 9.65. The quantitative estimate of drug-likeness (QED) is 0.859. The number of carbonyl (C=O) groups is 1. The number of likely N-dealkylation sites (tertiary alicyclic amines) is 1. The summed E-state index contributed by atoms with van der Waals surface area (Å²) in [5.41, 5.74) is 7.97. The molecule has 1 aliphatic carbocycles. The van der Waals surface area contributed by atoms with Crippen LogP contribution < -0.4 is 5.73 Å². The number of anilines is 1. The first-order chi connectivity index (χ1) is 11.8. The van der Waals surface area contributed by atoms with E-state index in [9.17, 15) is 4.79 Å². The first-order valence-corrected chi connectivity index (χ1v) is 8.97. The van der Waals surface area contributed by atoms with Crippen LogP contribution in [0.1, 0.15) is 46.1 Å². The van der Waals surface area contributed by atoms with Gasteiger partial charge in [0.2, 0.25) is 5.95 Å². The molecule has 0 unspecified atom stereocenters. The summed E-state index contributed by atoms with van der Waals surface area (Å²) in [6.45, 7) is 7.28. The van der Waals surface area contributed by atoms with Crippen molar-refractivity contribution < 1.29 is 9.53 Å². The van der Waals surface area contributed by atoms with Crippen molar-refractivity contribution in [1.29, 1.82) is 0 Å². The van der Waals surface area contributed by atoms with Crippen LogP contribution in [0, 0.1) is 5.41 Å². The Morgan fingerprint density at radius 1 is 1.32 bits per heavy atom. The maximum atomic E-state index is 12.3. The Hall–Kier alpha value is -2.24. The molecule has 1 amide bonds. The summed E-state index contributed by atoms with van der Waals surface area (Å²) in [6.07, 6.45) is 2.92. The highest BCUT2D eigenvalue weighted by atomic mass is 16.6. The number of fused-ring (bicyclic) bond motifs is 1. The summed E-state index contributed by atoms with van der Waals surface area (Å²) in [7, 11) is 0. The number of aromatic nitrogens is 2. The Morgan fingerprint density at radius 3 is 2.76 bits per heavy atom. The van der Waals surface area contributed by atoms with Crippen molar-refractivity contribution in [1.82, 2.24) is 14.5 Å². The predicted octanol–water partition coefficient (Wildman–Crippen LogP) is 3.58. The van der Waals surface area contributed by atoms with E-state index in [1.54, 1.807) is 0 Å². The van der Waals surface area contributed by atoms with Crippen LogP contribution in [0.15, 0.2) is 24.3 Å². The fourth-order valence-electron chi connectivity index (χ4n) is 4.32. The molecule has 0 bridgehead atoms. The molecule has 1 spiro atoms. The SMILES string of the molecule is CC(C)(C)OC(=O)N1CC[C@]2(C1)C[C@H](n1c(N)nc3ccccc31)C2. The number of rotatable bonds is 1. The number of amides is 1. The second-order valence-corrected chi connectivity index (χ2v) is 8.54. The standard InChI is InChI=1S/C19H26N4O2/c1-18(2,3)25-17(24)22-9-8-19(12-22)10-13(11-19)23-15-7-5-4-6-14(15)21-16(23)20/h4-7,13H,8-12H2,1-3H3,(H2,20,21)/t13-,19-. The lowest BCUT2D eigenvalue weighted by Gasteiger charge is -2.46. The smallest absolute Gasteiger partial charge is 0.410 e. The topological polar surface area (TPSA) is 73.4 Å². The number of nitrogens with zero attached hydrogens (tertiary/aromatic N) is 3. The molecule has 2 fully saturated rings. The van der Waals surface area contributed by atoms with E-state index in [4.69, 9.17) is 10.5 Å². The number of ether oxygens (including phenoxy) is 1. The minimum atomic E-state index is -0.445. The minimum Gasteiger partial charge on any atom is -0.444 e. The maximum Gasteiger partial charge on any atom is 0.410 e. The number of nitrogen functional groups attached to an aromatic ring is 1. The summed E-state index contributed by atoms with van der Waals surface area (Å²) in [5, 5.41) is 0. The number of benzene rings is 1. The second kappa shape index (κ2) is 5.38. The summed E-state index contributed by atoms with van der Waals surface area (Å²) < 4.78 is 7.67. The third kappa shape index (κ3) is 2.83. The summed E-state index contributed by atoms with van der Waals surface area (Å²) in [5.74, 6) is 0.586. The van der Waals surface area contributed by atoms with E-state index < -0.39 is 5.60 Å². The zero-order valence-corrected chi connectivity index (χ0v) is 15.2. The average Bonchev–Trinajstić information content (AvgIpc) is 3.04. The van der Waals surface area contributed by atoms with E-state index in [1.165, 1.54) is 0 Å². The number of carbonyl (C=O) groups excluding carboxylic acids is 1. The average molecular weight is 342 g/mol. The Labute approximate surface area is 147 Å². The molecular formula is C19H26N4O2. The molecular weight excluding hydrogens is 316 g/mol. The van der Waals surface area contributed by atoms with Gasteiger partial charge in [0.1, 0.15) is 5.60 Å². The van der Waals surface area contributed by atoms with Crippen LogP contribution in [0.3, 0.4) is 0 Å². The van der Waals surface area contributed by atoms with Gasteiger partial charge in [-0.2, -0.15) is 0 Å². The van der Waals surface area contributed by atoms with Crippen molar-refractivity contribution >= 4 is 23.1 Å². The Morgan fingerprint density at radius 2 is 2.04 bits per heavy atom. The van der Waals surface area contributed by atoms with Gasteiger partial charge < -0.3 is 19.9 Å². The molecule has 0 radical (unpaired) electrons. The van der Waals surface area contributed by atoms with E-state index in [-0.39, 0.29) is 11.5 Å². The van der Waals surface area contributed by atoms with Crippen LogP contribution in [-0.2, 0) is 4.74 Å². The summed E-state index contributed by atoms with van der Waals surface area (Å²) in [4.78, 5) is 18.6. The van der Waals surface area contributed by atoms with Crippen molar-refractivity contribution in [2.24, 2.45) is 5.41 Å². The molecule has 1 aromatic heterocycles. The molecule has 2 aliphatic rings. The molecule has 6 heteroatoms. The van der Waals surface area contributed by atoms with Gasteiger partial charge in [-0.1, -0.05) is 12.1 Å². The van der Waals surface area contributed by atoms with E-state index in [0.717, 1.165) is 43.4 Å². The van der Waals surface area contributed by atoms with Crippen molar-refractivity contribution in [2.45, 2.75) is 51.7 Å². The molecule has 0 atom stereocenters. The summed E-state index contributed by atoms with van der Waals surface area (Å²) in [6, 6.07) is 8.44. The van der Waals surface area contributed by atoms with Crippen molar-refractivity contribution in [3.63, 3.8) is 0 Å². The first kappa shape index (κ1) is 16.2. The molecule has 134 valence electrons. The van der Waals surface area contributed by atoms with Gasteiger partial charge >= 0.3 is 6.09 Å². The normalized spacial score (nSPS) is 26.2. The van der Waals surface area contributed by atoms with Crippen molar-refractivity contribution in [3.8, 4) is 0 Å². The highest BCUT2D eigenvalue weighted by molar-refractivity contribution is 5.78. The highest BCUT2D eigenvalue weighted by Gasteiger charge is 2.51. The third-order valence-electron chi connectivity index (χ3n) is 5.42. The van der Waals surface area contributed by atoms with Gasteiger partial charge in [-0.3, -0.25) is 0 Å². The van der Waals surface area contributed by atoms with Crippen LogP contribution in [0.2, 0.25) is 0 Å². The van der Waals surface area contributed by atoms with Gasteiger partial charge in [0, 0.05) is 19.1 Å². The lowest BCUT2D eigenvalue weighted by Crippen LogP contribution is -2.43. The van der Waals surface area contributed by atoms with Gasteiger partial charge in [-0.15, -0.1) is 0 Å². The first-order valence-electron chi connectivity index (χ1n) is 8.97. The molecule has 2 aromatic rings. The van der Waals surface area contributed by atoms with E-state index in [2.05, 4.69) is 15.6 Å². The number of hydrogen-bond acceptors (Lipinski definition) is 4. The highest BCUT2D eigenvalue weighted by Crippen LogP contribution is 2.55. The largest absolute Gasteiger partial charge is 0.444 e. The molecule has 2 N–H and O–H groups in total. The fourth-order valence-corrected chi connectivity index (χ4v) is 4.32. The molecule has 25 heavy (non-hydrogen) atoms. The van der Waals surface area contributed by atoms with Gasteiger partial charge in [0.25, 0.3) is 0 Å². The van der Waals surface area contributed by atoms with Gasteiger partial charge in [-0.05, 0) is 57.6 Å². The van der Waals surface area contributed by atoms with E-state index in [0.29, 0.717) is 12.0 Å². The van der Waals surface area contributed by atoms with Crippen LogP contribution in [0.4, 0.5) is 10.7 Å². The van der Waals surface area contributed by atoms with Gasteiger partial charge in [0.05, 0.1) is 11.0 Å². The molecule has 1 aliphatic heterocycles. The van der Waals surface area contributed by atoms with Crippen LogP contribution >= 0.6 is 0 Å². The number of hydrogen-bond donors (Lipinski definition) is 1. The monoisotopic (exact) mass is 342 g/mol. The third-order valence-corrected chi connectivity index (χ3v) is 5.42. The number of para-hydroxylation sites is 2. The zero-order chi connectivity index (χ0) is 17.8. The lowest BCUT2D eigenvalue weighted by molar-refractivity contribution is 0.0200. The predicted molar refractivity (Wildman–Crippen MR) is 97.3 cm³/mol. The van der Waals surface area contributed by atoms with Crippen molar-refractivity contribution in [3.05, 3.63) is 24.3 Å². The molecule has 1 saturated heterocycles. The van der Waals surface area contributed by atoms with Gasteiger partial charge in [0.15, 0.2) is 0 Å². The second-order valence-electron chi connectivity index (χ2n) is 8.54. The molecule has 1 aromatic carbocycles. The Balaban J connectivity index is 1.45. The number of imidazole rings is 1. The Kier molecular flexibility index (Phi) is 3.49. The molecule has 4 rings (SSSR count). The molecule has 2 heterocycles. The summed E-state index contributed by atoms with van der Waals surface area (Å²) >= 11 is 0. The van der Waals surface area contributed by atoms with Gasteiger partial charge in [-0.25, -0.2) is 9.78 Å². The molecule has 6 nitrogen and oxygen atoms in total. The van der Waals surface area contributed by atoms with Crippen molar-refractivity contribution in [2.75, 3.05) is 18.8 Å². The van der Waals surface area contributed by atoms with Crippen LogP contribution in [0.25, 0.3) is 11.0 Å². The zero-order valence-electron chi connectivity index (χ0n) is 15.2. The Bertz CT molecular complexity index is 814. The number of nitrogens with two attached hydrogens (primary N) is 1. The maximum absolute atomic E-state index is 12.3. The molecule has 1 saturated carbocycles. The van der Waals surface area contributed by atoms with E-state index >= 15 is 0 Å². The fraction of sp³-hybridized carbons (Fsp3) is 0.579. The van der Waals surface area contributed by atoms with Crippen LogP contribution in [0.5, 0.6) is 0 Å².